The summed E-state index contributed by atoms with van der Waals surface area (Å²) in [5.74, 6) is 0. The van der Waals surface area contributed by atoms with E-state index < -0.39 is 6.29 Å². The van der Waals surface area contributed by atoms with Crippen LogP contribution >= 0.6 is 0 Å². The molecule has 10 heavy (non-hydrogen) atoms. The van der Waals surface area contributed by atoms with E-state index in [4.69, 9.17) is 9.84 Å². The van der Waals surface area contributed by atoms with Gasteiger partial charge in [-0.15, -0.1) is 0 Å². The summed E-state index contributed by atoms with van der Waals surface area (Å²) in [6.45, 7) is 3.80. The molecule has 0 aliphatic carbocycles. The lowest BCUT2D eigenvalue weighted by molar-refractivity contribution is -0.123. The Labute approximate surface area is 62.0 Å². The monoisotopic (exact) mass is 148 g/mol. The van der Waals surface area contributed by atoms with Crippen LogP contribution in [0.2, 0.25) is 0 Å². The van der Waals surface area contributed by atoms with E-state index in [1.165, 1.54) is 7.11 Å². The minimum absolute atomic E-state index is 0.310. The second-order valence-electron chi connectivity index (χ2n) is 2.86. The van der Waals surface area contributed by atoms with Gasteiger partial charge < -0.3 is 14.6 Å². The average Bonchev–Trinajstić information content (AvgIpc) is 1.87. The van der Waals surface area contributed by atoms with E-state index in [9.17, 15) is 0 Å². The van der Waals surface area contributed by atoms with Crippen LogP contribution in [0.1, 0.15) is 20.3 Å². The molecule has 0 heterocycles. The molecule has 0 aliphatic rings. The molecule has 0 bridgehead atoms. The van der Waals surface area contributed by atoms with Gasteiger partial charge in [0, 0.05) is 20.6 Å². The van der Waals surface area contributed by atoms with Crippen LogP contribution in [-0.2, 0) is 9.47 Å². The molecule has 62 valence electrons. The zero-order valence-electron chi connectivity index (χ0n) is 7.05. The Kier molecular flexibility index (Phi) is 3.86. The van der Waals surface area contributed by atoms with Gasteiger partial charge in [0.25, 0.3) is 0 Å². The van der Waals surface area contributed by atoms with Crippen LogP contribution in [0.3, 0.4) is 0 Å². The van der Waals surface area contributed by atoms with Crippen molar-refractivity contribution < 1.29 is 14.6 Å². The molecular formula is C7H16O3. The van der Waals surface area contributed by atoms with E-state index in [1.807, 2.05) is 13.8 Å². The summed E-state index contributed by atoms with van der Waals surface area (Å²) in [5.41, 5.74) is -0.310. The third-order valence-electron chi connectivity index (χ3n) is 1.49. The highest BCUT2D eigenvalue weighted by molar-refractivity contribution is 4.68. The molecule has 0 saturated carbocycles. The van der Waals surface area contributed by atoms with Crippen LogP contribution in [-0.4, -0.2) is 31.2 Å². The van der Waals surface area contributed by atoms with Crippen molar-refractivity contribution in [2.75, 3.05) is 14.2 Å². The Hall–Kier alpha value is -0.120. The first-order chi connectivity index (χ1) is 4.52. The zero-order valence-corrected chi connectivity index (χ0v) is 7.05. The van der Waals surface area contributed by atoms with E-state index in [2.05, 4.69) is 4.74 Å². The maximum Gasteiger partial charge on any atom is 0.156 e. The SMILES string of the molecule is COC(O)CC(C)(C)OC. The number of rotatable bonds is 4. The Morgan fingerprint density at radius 3 is 2.20 bits per heavy atom. The first kappa shape index (κ1) is 9.88. The predicted molar refractivity (Wildman–Crippen MR) is 38.7 cm³/mol. The van der Waals surface area contributed by atoms with Crippen LogP contribution in [0, 0.1) is 0 Å². The molecule has 1 unspecified atom stereocenters. The normalized spacial score (nSPS) is 15.3. The molecule has 3 nitrogen and oxygen atoms in total. The van der Waals surface area contributed by atoms with E-state index in [-0.39, 0.29) is 5.60 Å². The van der Waals surface area contributed by atoms with Gasteiger partial charge in [-0.3, -0.25) is 0 Å². The zero-order chi connectivity index (χ0) is 8.20. The minimum atomic E-state index is -0.727. The maximum atomic E-state index is 9.02. The number of hydrogen-bond donors (Lipinski definition) is 1. The van der Waals surface area contributed by atoms with Crippen LogP contribution in [0.5, 0.6) is 0 Å². The van der Waals surface area contributed by atoms with Crippen molar-refractivity contribution in [1.82, 2.24) is 0 Å². The Bertz CT molecular complexity index is 90.9. The van der Waals surface area contributed by atoms with Crippen LogP contribution in [0.25, 0.3) is 0 Å². The van der Waals surface area contributed by atoms with Crippen molar-refractivity contribution in [2.24, 2.45) is 0 Å². The average molecular weight is 148 g/mol. The highest BCUT2D eigenvalue weighted by atomic mass is 16.6. The van der Waals surface area contributed by atoms with Crippen molar-refractivity contribution in [3.8, 4) is 0 Å². The minimum Gasteiger partial charge on any atom is -0.379 e. The summed E-state index contributed by atoms with van der Waals surface area (Å²) in [6, 6.07) is 0. The summed E-state index contributed by atoms with van der Waals surface area (Å²) in [4.78, 5) is 0. The summed E-state index contributed by atoms with van der Waals surface area (Å²) in [5, 5.41) is 9.02. The smallest absolute Gasteiger partial charge is 0.156 e. The van der Waals surface area contributed by atoms with Gasteiger partial charge in [-0.25, -0.2) is 0 Å². The molecule has 0 amide bonds. The molecule has 0 spiro atoms. The Balaban J connectivity index is 3.64. The molecule has 3 heteroatoms. The molecule has 1 N–H and O–H groups in total. The molecule has 0 aliphatic heterocycles. The largest absolute Gasteiger partial charge is 0.379 e. The van der Waals surface area contributed by atoms with Crippen molar-refractivity contribution in [1.29, 1.82) is 0 Å². The highest BCUT2D eigenvalue weighted by Gasteiger charge is 2.20. The van der Waals surface area contributed by atoms with Crippen molar-refractivity contribution >= 4 is 0 Å². The lowest BCUT2D eigenvalue weighted by Gasteiger charge is -2.24. The van der Waals surface area contributed by atoms with Gasteiger partial charge in [-0.1, -0.05) is 0 Å². The van der Waals surface area contributed by atoms with Crippen LogP contribution in [0.4, 0.5) is 0 Å². The van der Waals surface area contributed by atoms with Gasteiger partial charge in [0.2, 0.25) is 0 Å². The molecule has 1 atom stereocenters. The van der Waals surface area contributed by atoms with Gasteiger partial charge >= 0.3 is 0 Å². The van der Waals surface area contributed by atoms with Crippen molar-refractivity contribution in [2.45, 2.75) is 32.2 Å². The topological polar surface area (TPSA) is 38.7 Å². The van der Waals surface area contributed by atoms with Gasteiger partial charge in [-0.05, 0) is 13.8 Å². The van der Waals surface area contributed by atoms with Crippen molar-refractivity contribution in [3.63, 3.8) is 0 Å². The van der Waals surface area contributed by atoms with E-state index in [0.717, 1.165) is 0 Å². The third kappa shape index (κ3) is 3.82. The molecule has 0 aromatic carbocycles. The molecule has 0 fully saturated rings. The van der Waals surface area contributed by atoms with E-state index in [0.29, 0.717) is 6.42 Å². The van der Waals surface area contributed by atoms with E-state index in [1.54, 1.807) is 7.11 Å². The summed E-state index contributed by atoms with van der Waals surface area (Å²) in [7, 11) is 3.08. The summed E-state index contributed by atoms with van der Waals surface area (Å²) in [6.07, 6.45) is -0.241. The fraction of sp³-hybridized carbons (Fsp3) is 1.00. The number of aliphatic hydroxyl groups excluding tert-OH is 1. The standard InChI is InChI=1S/C7H16O3/c1-7(2,10-4)5-6(8)9-3/h6,8H,5H2,1-4H3. The number of methoxy groups -OCH3 is 2. The number of ether oxygens (including phenoxy) is 2. The fourth-order valence-electron chi connectivity index (χ4n) is 0.587. The second-order valence-corrected chi connectivity index (χ2v) is 2.86. The first-order valence-corrected chi connectivity index (χ1v) is 3.28. The molecule has 0 aromatic heterocycles. The fourth-order valence-corrected chi connectivity index (χ4v) is 0.587. The van der Waals surface area contributed by atoms with Gasteiger partial charge in [0.05, 0.1) is 5.60 Å². The van der Waals surface area contributed by atoms with Crippen molar-refractivity contribution in [3.05, 3.63) is 0 Å². The summed E-state index contributed by atoms with van der Waals surface area (Å²) >= 11 is 0. The quantitative estimate of drug-likeness (QED) is 0.598. The van der Waals surface area contributed by atoms with Crippen LogP contribution < -0.4 is 0 Å². The highest BCUT2D eigenvalue weighted by Crippen LogP contribution is 2.15. The van der Waals surface area contributed by atoms with Gasteiger partial charge in [0.1, 0.15) is 0 Å². The molecular weight excluding hydrogens is 132 g/mol. The Morgan fingerprint density at radius 2 is 1.90 bits per heavy atom. The number of aliphatic hydroxyl groups is 1. The lowest BCUT2D eigenvalue weighted by atomic mass is 10.1. The predicted octanol–water partition coefficient (Wildman–Crippen LogP) is 0.766. The molecule has 0 radical (unpaired) electrons. The molecule has 0 rings (SSSR count). The maximum absolute atomic E-state index is 9.02. The molecule has 0 saturated heterocycles. The van der Waals surface area contributed by atoms with Gasteiger partial charge in [-0.2, -0.15) is 0 Å². The Morgan fingerprint density at radius 1 is 1.40 bits per heavy atom. The molecule has 0 aromatic rings. The van der Waals surface area contributed by atoms with E-state index >= 15 is 0 Å². The summed E-state index contributed by atoms with van der Waals surface area (Å²) < 4.78 is 9.73. The number of hydrogen-bond acceptors (Lipinski definition) is 3. The first-order valence-electron chi connectivity index (χ1n) is 3.28. The lowest BCUT2D eigenvalue weighted by Crippen LogP contribution is -2.29. The third-order valence-corrected chi connectivity index (χ3v) is 1.49. The second kappa shape index (κ2) is 3.91. The van der Waals surface area contributed by atoms with Crippen LogP contribution in [0.15, 0.2) is 0 Å². The van der Waals surface area contributed by atoms with Gasteiger partial charge in [0.15, 0.2) is 6.29 Å².